The molecular formula is C11H13Br. The Labute approximate surface area is 82.8 Å². The van der Waals surface area contributed by atoms with Crippen LogP contribution in [0.4, 0.5) is 0 Å². The molecule has 0 amide bonds. The van der Waals surface area contributed by atoms with Crippen molar-refractivity contribution >= 4 is 15.9 Å². The Kier molecular flexibility index (Phi) is 5.39. The SMILES string of the molecule is C=C(Br)/C=C\C(=C)C(=C)/C=C\C. The van der Waals surface area contributed by atoms with E-state index in [-0.39, 0.29) is 0 Å². The van der Waals surface area contributed by atoms with Crippen LogP contribution in [0.1, 0.15) is 6.92 Å². The van der Waals surface area contributed by atoms with E-state index in [9.17, 15) is 0 Å². The first-order chi connectivity index (χ1) is 5.57. The Morgan fingerprint density at radius 2 is 1.50 bits per heavy atom. The Bertz CT molecular complexity index is 254. The topological polar surface area (TPSA) is 0 Å². The Morgan fingerprint density at radius 3 is 1.92 bits per heavy atom. The van der Waals surface area contributed by atoms with E-state index in [0.717, 1.165) is 15.6 Å². The number of rotatable bonds is 4. The molecule has 0 N–H and O–H groups in total. The molecule has 0 bridgehead atoms. The van der Waals surface area contributed by atoms with Gasteiger partial charge in [-0.15, -0.1) is 0 Å². The van der Waals surface area contributed by atoms with Gasteiger partial charge in [-0.1, -0.05) is 53.9 Å². The van der Waals surface area contributed by atoms with Gasteiger partial charge in [-0.2, -0.15) is 0 Å². The average molecular weight is 225 g/mol. The van der Waals surface area contributed by atoms with Gasteiger partial charge in [0.25, 0.3) is 0 Å². The molecule has 0 spiro atoms. The molecule has 0 radical (unpaired) electrons. The highest BCUT2D eigenvalue weighted by molar-refractivity contribution is 9.11. The molecule has 0 heterocycles. The van der Waals surface area contributed by atoms with E-state index in [2.05, 4.69) is 35.7 Å². The molecule has 0 aliphatic carbocycles. The van der Waals surface area contributed by atoms with Gasteiger partial charge in [-0.25, -0.2) is 0 Å². The minimum absolute atomic E-state index is 0.830. The summed E-state index contributed by atoms with van der Waals surface area (Å²) in [5.74, 6) is 0. The van der Waals surface area contributed by atoms with E-state index in [1.807, 2.05) is 31.2 Å². The van der Waals surface area contributed by atoms with Crippen LogP contribution in [0.15, 0.2) is 59.7 Å². The summed E-state index contributed by atoms with van der Waals surface area (Å²) in [6.07, 6.45) is 7.57. The summed E-state index contributed by atoms with van der Waals surface area (Å²) in [7, 11) is 0. The maximum atomic E-state index is 3.85. The molecule has 1 heteroatoms. The Morgan fingerprint density at radius 1 is 1.00 bits per heavy atom. The fourth-order valence-electron chi connectivity index (χ4n) is 0.606. The third-order valence-corrected chi connectivity index (χ3v) is 1.51. The minimum Gasteiger partial charge on any atom is -0.0912 e. The van der Waals surface area contributed by atoms with Gasteiger partial charge >= 0.3 is 0 Å². The predicted molar refractivity (Wildman–Crippen MR) is 60.3 cm³/mol. The highest BCUT2D eigenvalue weighted by Crippen LogP contribution is 2.11. The summed E-state index contributed by atoms with van der Waals surface area (Å²) >= 11 is 3.22. The molecule has 0 rings (SSSR count). The highest BCUT2D eigenvalue weighted by atomic mass is 79.9. The van der Waals surface area contributed by atoms with Crippen molar-refractivity contribution in [3.8, 4) is 0 Å². The van der Waals surface area contributed by atoms with E-state index >= 15 is 0 Å². The number of allylic oxidation sites excluding steroid dienone is 7. The second kappa shape index (κ2) is 5.78. The third-order valence-electron chi connectivity index (χ3n) is 1.25. The van der Waals surface area contributed by atoms with Crippen LogP contribution in [0.25, 0.3) is 0 Å². The molecule has 0 unspecified atom stereocenters. The smallest absolute Gasteiger partial charge is 0.0103 e. The van der Waals surface area contributed by atoms with E-state index in [0.29, 0.717) is 0 Å². The van der Waals surface area contributed by atoms with Crippen molar-refractivity contribution in [1.29, 1.82) is 0 Å². The van der Waals surface area contributed by atoms with Gasteiger partial charge in [0.05, 0.1) is 0 Å². The van der Waals surface area contributed by atoms with Crippen LogP contribution in [-0.2, 0) is 0 Å². The van der Waals surface area contributed by atoms with Gasteiger partial charge in [-0.05, 0) is 24.1 Å². The lowest BCUT2D eigenvalue weighted by molar-refractivity contribution is 1.57. The summed E-state index contributed by atoms with van der Waals surface area (Å²) in [6.45, 7) is 13.3. The zero-order valence-electron chi connectivity index (χ0n) is 7.31. The summed E-state index contributed by atoms with van der Waals surface area (Å²) in [5.41, 5.74) is 1.82. The van der Waals surface area contributed by atoms with Gasteiger partial charge in [0.2, 0.25) is 0 Å². The average Bonchev–Trinajstić information content (AvgIpc) is 2.00. The van der Waals surface area contributed by atoms with Crippen LogP contribution in [0.2, 0.25) is 0 Å². The summed E-state index contributed by atoms with van der Waals surface area (Å²) in [5, 5.41) is 0. The summed E-state index contributed by atoms with van der Waals surface area (Å²) < 4.78 is 0.830. The van der Waals surface area contributed by atoms with Crippen molar-refractivity contribution in [1.82, 2.24) is 0 Å². The van der Waals surface area contributed by atoms with Crippen molar-refractivity contribution in [2.45, 2.75) is 6.92 Å². The maximum absolute atomic E-state index is 3.85. The molecular weight excluding hydrogens is 212 g/mol. The minimum atomic E-state index is 0.830. The lowest BCUT2D eigenvalue weighted by Crippen LogP contribution is -1.76. The number of hydrogen-bond donors (Lipinski definition) is 0. The van der Waals surface area contributed by atoms with Crippen molar-refractivity contribution in [3.05, 3.63) is 59.7 Å². The molecule has 0 aliphatic rings. The molecule has 0 fully saturated rings. The quantitative estimate of drug-likeness (QED) is 0.630. The van der Waals surface area contributed by atoms with E-state index < -0.39 is 0 Å². The van der Waals surface area contributed by atoms with Gasteiger partial charge in [0.1, 0.15) is 0 Å². The molecule has 0 nitrogen and oxygen atoms in total. The van der Waals surface area contributed by atoms with E-state index in [1.54, 1.807) is 0 Å². The molecule has 0 saturated heterocycles. The van der Waals surface area contributed by atoms with E-state index in [1.165, 1.54) is 0 Å². The van der Waals surface area contributed by atoms with Gasteiger partial charge < -0.3 is 0 Å². The summed E-state index contributed by atoms with van der Waals surface area (Å²) in [4.78, 5) is 0. The standard InChI is InChI=1S/C11H13Br/c1-5-6-9(2)10(3)7-8-11(4)12/h5-8H,2-4H2,1H3/b6-5-,8-7-. The first-order valence-electron chi connectivity index (χ1n) is 3.61. The van der Waals surface area contributed by atoms with Crippen LogP contribution >= 0.6 is 15.9 Å². The Balaban J connectivity index is 4.23. The van der Waals surface area contributed by atoms with Crippen LogP contribution in [0.3, 0.4) is 0 Å². The van der Waals surface area contributed by atoms with Crippen molar-refractivity contribution in [2.24, 2.45) is 0 Å². The monoisotopic (exact) mass is 224 g/mol. The fourth-order valence-corrected chi connectivity index (χ4v) is 0.738. The van der Waals surface area contributed by atoms with Crippen LogP contribution < -0.4 is 0 Å². The molecule has 0 aromatic carbocycles. The molecule has 0 aliphatic heterocycles. The van der Waals surface area contributed by atoms with E-state index in [4.69, 9.17) is 0 Å². The number of halogens is 1. The van der Waals surface area contributed by atoms with Gasteiger partial charge in [0.15, 0.2) is 0 Å². The lowest BCUT2D eigenvalue weighted by Gasteiger charge is -1.96. The van der Waals surface area contributed by atoms with Crippen molar-refractivity contribution in [3.63, 3.8) is 0 Å². The first-order valence-corrected chi connectivity index (χ1v) is 4.40. The molecule has 12 heavy (non-hydrogen) atoms. The van der Waals surface area contributed by atoms with Crippen molar-refractivity contribution in [2.75, 3.05) is 0 Å². The predicted octanol–water partition coefficient (Wildman–Crippen LogP) is 4.14. The molecule has 64 valence electrons. The largest absolute Gasteiger partial charge is 0.0912 e. The molecule has 0 atom stereocenters. The second-order valence-electron chi connectivity index (χ2n) is 2.33. The normalized spacial score (nSPS) is 10.8. The lowest BCUT2D eigenvalue weighted by atomic mass is 10.1. The molecule has 0 saturated carbocycles. The van der Waals surface area contributed by atoms with Gasteiger partial charge in [0, 0.05) is 4.48 Å². The third kappa shape index (κ3) is 4.91. The zero-order chi connectivity index (χ0) is 9.56. The highest BCUT2D eigenvalue weighted by Gasteiger charge is 1.89. The van der Waals surface area contributed by atoms with Crippen LogP contribution in [-0.4, -0.2) is 0 Å². The summed E-state index contributed by atoms with van der Waals surface area (Å²) in [6, 6.07) is 0. The Hall–Kier alpha value is -0.820. The van der Waals surface area contributed by atoms with Crippen molar-refractivity contribution < 1.29 is 0 Å². The fraction of sp³-hybridized carbons (Fsp3) is 0.0909. The maximum Gasteiger partial charge on any atom is 0.0103 e. The molecule has 0 aromatic heterocycles. The first kappa shape index (κ1) is 11.2. The molecule has 0 aromatic rings. The zero-order valence-corrected chi connectivity index (χ0v) is 8.89. The van der Waals surface area contributed by atoms with Crippen LogP contribution in [0.5, 0.6) is 0 Å². The van der Waals surface area contributed by atoms with Gasteiger partial charge in [-0.3, -0.25) is 0 Å². The number of hydrogen-bond acceptors (Lipinski definition) is 0. The second-order valence-corrected chi connectivity index (χ2v) is 3.35. The van der Waals surface area contributed by atoms with Crippen LogP contribution in [0, 0.1) is 0 Å².